The molecular weight excluding hydrogens is 232 g/mol. The minimum atomic E-state index is -1.28. The largest absolute Gasteiger partial charge is 0.433 e. The van der Waals surface area contributed by atoms with Crippen LogP contribution in [0, 0.1) is 0 Å². The molecule has 1 atom stereocenters. The molecule has 18 heavy (non-hydrogen) atoms. The zero-order valence-corrected chi connectivity index (χ0v) is 10.8. The van der Waals surface area contributed by atoms with Crippen molar-refractivity contribution in [2.45, 2.75) is 18.9 Å². The summed E-state index contributed by atoms with van der Waals surface area (Å²) in [5, 5.41) is 0. The first-order valence-corrected chi connectivity index (χ1v) is 5.59. The maximum absolute atomic E-state index is 12.1. The van der Waals surface area contributed by atoms with Crippen molar-refractivity contribution in [2.75, 3.05) is 14.1 Å². The van der Waals surface area contributed by atoms with Crippen LogP contribution in [0.5, 0.6) is 0 Å². The van der Waals surface area contributed by atoms with Crippen molar-refractivity contribution in [2.24, 2.45) is 5.73 Å². The van der Waals surface area contributed by atoms with Gasteiger partial charge in [-0.2, -0.15) is 0 Å². The van der Waals surface area contributed by atoms with Gasteiger partial charge in [0.15, 0.2) is 5.60 Å². The molecule has 5 heteroatoms. The molecule has 98 valence electrons. The van der Waals surface area contributed by atoms with Crippen LogP contribution in [0.1, 0.15) is 12.5 Å². The second-order valence-electron chi connectivity index (χ2n) is 4.51. The van der Waals surface area contributed by atoms with Crippen molar-refractivity contribution in [3.8, 4) is 0 Å². The summed E-state index contributed by atoms with van der Waals surface area (Å²) in [6, 6.07) is 9.33. The van der Waals surface area contributed by atoms with E-state index in [-0.39, 0.29) is 12.3 Å². The highest BCUT2D eigenvalue weighted by molar-refractivity contribution is 5.87. The molecule has 0 fully saturated rings. The fourth-order valence-electron chi connectivity index (χ4n) is 1.84. The predicted molar refractivity (Wildman–Crippen MR) is 67.9 cm³/mol. The molecular formula is C13H18N2O3. The number of hydrogen-bond donors (Lipinski definition) is 1. The molecule has 0 aliphatic carbocycles. The summed E-state index contributed by atoms with van der Waals surface area (Å²) in [4.78, 5) is 24.4. The Morgan fingerprint density at radius 2 is 1.83 bits per heavy atom. The monoisotopic (exact) mass is 250 g/mol. The van der Waals surface area contributed by atoms with Gasteiger partial charge in [-0.3, -0.25) is 4.79 Å². The third-order valence-corrected chi connectivity index (χ3v) is 2.57. The Labute approximate surface area is 107 Å². The van der Waals surface area contributed by atoms with Gasteiger partial charge in [-0.15, -0.1) is 0 Å². The van der Waals surface area contributed by atoms with Gasteiger partial charge in [0, 0.05) is 20.5 Å². The number of amides is 2. The highest BCUT2D eigenvalue weighted by atomic mass is 16.6. The van der Waals surface area contributed by atoms with E-state index in [4.69, 9.17) is 10.5 Å². The van der Waals surface area contributed by atoms with E-state index < -0.39 is 11.7 Å². The lowest BCUT2D eigenvalue weighted by Crippen LogP contribution is -2.49. The first kappa shape index (κ1) is 14.0. The van der Waals surface area contributed by atoms with Gasteiger partial charge in [-0.05, 0) is 12.5 Å². The van der Waals surface area contributed by atoms with Crippen molar-refractivity contribution in [3.63, 3.8) is 0 Å². The van der Waals surface area contributed by atoms with Gasteiger partial charge in [-0.25, -0.2) is 4.79 Å². The Balaban J connectivity index is 2.98. The fourth-order valence-corrected chi connectivity index (χ4v) is 1.84. The first-order valence-electron chi connectivity index (χ1n) is 5.59. The zero-order chi connectivity index (χ0) is 13.8. The fraction of sp³-hybridized carbons (Fsp3) is 0.385. The lowest BCUT2D eigenvalue weighted by atomic mass is 9.95. The Morgan fingerprint density at radius 1 is 1.28 bits per heavy atom. The third-order valence-electron chi connectivity index (χ3n) is 2.57. The number of primary amides is 1. The van der Waals surface area contributed by atoms with Crippen molar-refractivity contribution >= 4 is 12.0 Å². The number of carbonyl (C=O) groups is 2. The lowest BCUT2D eigenvalue weighted by molar-refractivity contribution is -0.146. The van der Waals surface area contributed by atoms with Crippen LogP contribution in [0.4, 0.5) is 4.79 Å². The van der Waals surface area contributed by atoms with Crippen LogP contribution in [-0.2, 0) is 16.0 Å². The molecule has 0 saturated heterocycles. The molecule has 0 aromatic heterocycles. The van der Waals surface area contributed by atoms with Crippen molar-refractivity contribution in [3.05, 3.63) is 35.9 Å². The Morgan fingerprint density at radius 3 is 2.28 bits per heavy atom. The number of nitrogens with zero attached hydrogens (tertiary/aromatic N) is 1. The maximum Gasteiger partial charge on any atom is 0.405 e. The van der Waals surface area contributed by atoms with E-state index in [0.717, 1.165) is 5.56 Å². The molecule has 1 aromatic carbocycles. The number of benzene rings is 1. The summed E-state index contributed by atoms with van der Waals surface area (Å²) >= 11 is 0. The molecule has 2 amide bonds. The molecule has 0 saturated carbocycles. The van der Waals surface area contributed by atoms with Crippen LogP contribution in [0.3, 0.4) is 0 Å². The van der Waals surface area contributed by atoms with E-state index in [2.05, 4.69) is 0 Å². The number of nitrogens with two attached hydrogens (primary N) is 1. The van der Waals surface area contributed by atoms with Gasteiger partial charge in [0.05, 0.1) is 0 Å². The zero-order valence-electron chi connectivity index (χ0n) is 10.8. The molecule has 0 unspecified atom stereocenters. The number of likely N-dealkylation sites (N-methyl/N-ethyl adjacent to an activating group) is 1. The van der Waals surface area contributed by atoms with Crippen molar-refractivity contribution < 1.29 is 14.3 Å². The van der Waals surface area contributed by atoms with Crippen molar-refractivity contribution in [1.82, 2.24) is 4.90 Å². The van der Waals surface area contributed by atoms with Gasteiger partial charge >= 0.3 is 6.09 Å². The SMILES string of the molecule is CN(C)C(=O)[C@@](C)(Cc1ccccc1)OC(N)=O. The van der Waals surface area contributed by atoms with Crippen LogP contribution >= 0.6 is 0 Å². The second kappa shape index (κ2) is 5.53. The van der Waals surface area contributed by atoms with Gasteiger partial charge in [0.1, 0.15) is 0 Å². The summed E-state index contributed by atoms with van der Waals surface area (Å²) in [6.45, 7) is 1.56. The topological polar surface area (TPSA) is 72.6 Å². The van der Waals surface area contributed by atoms with E-state index in [1.165, 1.54) is 4.90 Å². The number of hydrogen-bond acceptors (Lipinski definition) is 3. The Hall–Kier alpha value is -2.04. The minimum Gasteiger partial charge on any atom is -0.433 e. The lowest BCUT2D eigenvalue weighted by Gasteiger charge is -2.30. The average molecular weight is 250 g/mol. The highest BCUT2D eigenvalue weighted by Crippen LogP contribution is 2.20. The highest BCUT2D eigenvalue weighted by Gasteiger charge is 2.38. The molecule has 0 aliphatic rings. The van der Waals surface area contributed by atoms with E-state index >= 15 is 0 Å². The van der Waals surface area contributed by atoms with Gasteiger partial charge < -0.3 is 15.4 Å². The number of rotatable bonds is 4. The maximum atomic E-state index is 12.1. The van der Waals surface area contributed by atoms with E-state index in [1.54, 1.807) is 21.0 Å². The standard InChI is InChI=1S/C13H18N2O3/c1-13(18-12(14)17,11(16)15(2)3)9-10-7-5-4-6-8-10/h4-8H,9H2,1-3H3,(H2,14,17)/t13-/m1/s1. The van der Waals surface area contributed by atoms with Crippen LogP contribution < -0.4 is 5.73 Å². The molecule has 5 nitrogen and oxygen atoms in total. The quantitative estimate of drug-likeness (QED) is 0.871. The normalized spacial score (nSPS) is 13.5. The van der Waals surface area contributed by atoms with Gasteiger partial charge in [0.25, 0.3) is 5.91 Å². The second-order valence-corrected chi connectivity index (χ2v) is 4.51. The molecule has 2 N–H and O–H groups in total. The molecule has 0 spiro atoms. The molecule has 1 aromatic rings. The van der Waals surface area contributed by atoms with Crippen LogP contribution in [0.15, 0.2) is 30.3 Å². The molecule has 1 rings (SSSR count). The van der Waals surface area contributed by atoms with E-state index in [1.807, 2.05) is 30.3 Å². The van der Waals surface area contributed by atoms with E-state index in [0.29, 0.717) is 0 Å². The molecule has 0 aliphatic heterocycles. The summed E-state index contributed by atoms with van der Waals surface area (Å²) in [5.41, 5.74) is 4.66. The smallest absolute Gasteiger partial charge is 0.405 e. The third kappa shape index (κ3) is 3.48. The summed E-state index contributed by atoms with van der Waals surface area (Å²) in [6.07, 6.45) is -0.669. The Kier molecular flexibility index (Phi) is 4.31. The average Bonchev–Trinajstić information content (AvgIpc) is 2.28. The molecule has 0 bridgehead atoms. The minimum absolute atomic E-state index is 0.286. The molecule has 0 heterocycles. The van der Waals surface area contributed by atoms with Crippen LogP contribution in [0.25, 0.3) is 0 Å². The first-order chi connectivity index (χ1) is 8.35. The van der Waals surface area contributed by atoms with Crippen LogP contribution in [-0.4, -0.2) is 36.6 Å². The summed E-state index contributed by atoms with van der Waals surface area (Å²) < 4.78 is 5.01. The van der Waals surface area contributed by atoms with Crippen LogP contribution in [0.2, 0.25) is 0 Å². The van der Waals surface area contributed by atoms with Crippen molar-refractivity contribution in [1.29, 1.82) is 0 Å². The Bertz CT molecular complexity index is 431. The van der Waals surface area contributed by atoms with E-state index in [9.17, 15) is 9.59 Å². The predicted octanol–water partition coefficient (Wildman–Crippen LogP) is 1.17. The van der Waals surface area contributed by atoms with Gasteiger partial charge in [0.2, 0.25) is 0 Å². The summed E-state index contributed by atoms with van der Waals surface area (Å²) in [7, 11) is 3.21. The number of ether oxygens (including phenoxy) is 1. The number of carbonyl (C=O) groups excluding carboxylic acids is 2. The summed E-state index contributed by atoms with van der Waals surface area (Å²) in [5.74, 6) is -0.301. The molecule has 0 radical (unpaired) electrons. The van der Waals surface area contributed by atoms with Gasteiger partial charge in [-0.1, -0.05) is 30.3 Å².